The first-order valence-corrected chi connectivity index (χ1v) is 11.6. The van der Waals surface area contributed by atoms with Crippen LogP contribution in [-0.4, -0.2) is 45.1 Å². The van der Waals surface area contributed by atoms with Crippen LogP contribution in [0.4, 0.5) is 5.69 Å². The Morgan fingerprint density at radius 1 is 1.21 bits per heavy atom. The summed E-state index contributed by atoms with van der Waals surface area (Å²) < 4.78 is 6.35. The van der Waals surface area contributed by atoms with Gasteiger partial charge in [0.2, 0.25) is 5.91 Å². The number of halogens is 2. The number of hydrogen-bond donors (Lipinski definition) is 2. The number of aromatic amines is 1. The predicted octanol–water partition coefficient (Wildman–Crippen LogP) is 3.69. The molecule has 0 saturated carbocycles. The Balaban J connectivity index is 1.71. The molecule has 0 radical (unpaired) electrons. The summed E-state index contributed by atoms with van der Waals surface area (Å²) in [6.07, 6.45) is -1.93. The molecule has 9 nitrogen and oxygen atoms in total. The smallest absolute Gasteiger partial charge is 0.256 e. The number of amides is 2. The average Bonchev–Trinajstić information content (AvgIpc) is 3.30. The number of aromatic nitrogens is 4. The van der Waals surface area contributed by atoms with E-state index in [1.54, 1.807) is 23.1 Å². The van der Waals surface area contributed by atoms with Gasteiger partial charge in [-0.05, 0) is 30.2 Å². The number of rotatable bonds is 7. The minimum atomic E-state index is -1.04. The van der Waals surface area contributed by atoms with Crippen molar-refractivity contribution < 1.29 is 14.3 Å². The number of fused-ring (bicyclic) bond motifs is 1. The molecular formula is C23H24Cl2N6O3. The Hall–Kier alpha value is -3.01. The summed E-state index contributed by atoms with van der Waals surface area (Å²) in [6, 6.07) is 12.6. The van der Waals surface area contributed by atoms with Gasteiger partial charge in [0, 0.05) is 33.4 Å². The van der Waals surface area contributed by atoms with Crippen LogP contribution >= 0.6 is 23.2 Å². The third kappa shape index (κ3) is 5.38. The molecule has 2 heterocycles. The van der Waals surface area contributed by atoms with Crippen LogP contribution in [0.3, 0.4) is 0 Å². The minimum Gasteiger partial charge on any atom is -0.355 e. The molecule has 0 fully saturated rings. The summed E-state index contributed by atoms with van der Waals surface area (Å²) >= 11 is 12.9. The Bertz CT molecular complexity index is 1170. The van der Waals surface area contributed by atoms with Crippen molar-refractivity contribution in [3.8, 4) is 0 Å². The van der Waals surface area contributed by atoms with Gasteiger partial charge in [0.25, 0.3) is 5.91 Å². The molecule has 1 aliphatic heterocycles. The van der Waals surface area contributed by atoms with E-state index < -0.39 is 12.2 Å². The van der Waals surface area contributed by atoms with E-state index >= 15 is 0 Å². The lowest BCUT2D eigenvalue weighted by atomic mass is 9.99. The molecule has 0 unspecified atom stereocenters. The Morgan fingerprint density at radius 2 is 2.00 bits per heavy atom. The van der Waals surface area contributed by atoms with Crippen molar-refractivity contribution in [3.05, 3.63) is 69.5 Å². The lowest BCUT2D eigenvalue weighted by molar-refractivity contribution is -0.138. The molecule has 2 aromatic carbocycles. The topological polar surface area (TPSA) is 113 Å². The fraction of sp³-hybridized carbons (Fsp3) is 0.348. The third-order valence-corrected chi connectivity index (χ3v) is 5.92. The first-order valence-electron chi connectivity index (χ1n) is 10.8. The summed E-state index contributed by atoms with van der Waals surface area (Å²) in [5.41, 5.74) is 2.08. The monoisotopic (exact) mass is 502 g/mol. The second-order valence-electron chi connectivity index (χ2n) is 8.38. The fourth-order valence-corrected chi connectivity index (χ4v) is 4.28. The van der Waals surface area contributed by atoms with E-state index in [4.69, 9.17) is 27.9 Å². The van der Waals surface area contributed by atoms with Crippen molar-refractivity contribution in [2.75, 3.05) is 11.4 Å². The summed E-state index contributed by atoms with van der Waals surface area (Å²) in [6.45, 7) is 4.57. The molecule has 0 aliphatic carbocycles. The van der Waals surface area contributed by atoms with Crippen LogP contribution in [0, 0.1) is 5.92 Å². The van der Waals surface area contributed by atoms with E-state index in [2.05, 4.69) is 25.9 Å². The quantitative estimate of drug-likeness (QED) is 0.509. The zero-order chi connectivity index (χ0) is 24.2. The molecule has 1 aliphatic rings. The molecule has 11 heteroatoms. The summed E-state index contributed by atoms with van der Waals surface area (Å²) in [5.74, 6) is -0.174. The summed E-state index contributed by atoms with van der Waals surface area (Å²) in [7, 11) is 0. The lowest BCUT2D eigenvalue weighted by Crippen LogP contribution is -2.43. The van der Waals surface area contributed by atoms with Gasteiger partial charge in [-0.15, -0.1) is 10.2 Å². The van der Waals surface area contributed by atoms with E-state index in [0.717, 1.165) is 0 Å². The van der Waals surface area contributed by atoms with E-state index in [1.807, 2.05) is 38.1 Å². The van der Waals surface area contributed by atoms with Gasteiger partial charge in [0.15, 0.2) is 5.82 Å². The summed E-state index contributed by atoms with van der Waals surface area (Å²) in [5, 5.41) is 17.1. The Morgan fingerprint density at radius 3 is 2.71 bits per heavy atom. The molecular weight excluding hydrogens is 479 g/mol. The van der Waals surface area contributed by atoms with Crippen molar-refractivity contribution >= 4 is 40.7 Å². The average molecular weight is 503 g/mol. The number of carbonyl (C=O) groups excluding carboxylic acids is 2. The van der Waals surface area contributed by atoms with Crippen LogP contribution < -0.4 is 10.2 Å². The first-order chi connectivity index (χ1) is 16.3. The number of ether oxygens (including phenoxy) is 1. The molecule has 34 heavy (non-hydrogen) atoms. The second-order valence-corrected chi connectivity index (χ2v) is 9.22. The maximum Gasteiger partial charge on any atom is 0.256 e. The normalized spacial score (nSPS) is 18.0. The maximum absolute atomic E-state index is 13.7. The maximum atomic E-state index is 13.7. The molecule has 1 aromatic heterocycles. The molecule has 4 rings (SSSR count). The Labute approximate surface area is 206 Å². The highest BCUT2D eigenvalue weighted by atomic mass is 35.5. The van der Waals surface area contributed by atoms with Gasteiger partial charge in [-0.25, -0.2) is 0 Å². The van der Waals surface area contributed by atoms with Gasteiger partial charge in [0.05, 0.1) is 13.0 Å². The molecule has 2 N–H and O–H groups in total. The largest absolute Gasteiger partial charge is 0.355 e. The minimum absolute atomic E-state index is 0.0791. The Kier molecular flexibility index (Phi) is 7.45. The van der Waals surface area contributed by atoms with Crippen molar-refractivity contribution in [1.29, 1.82) is 0 Å². The van der Waals surface area contributed by atoms with Gasteiger partial charge in [0.1, 0.15) is 12.2 Å². The van der Waals surface area contributed by atoms with Gasteiger partial charge in [-0.1, -0.05) is 60.5 Å². The standard InChI is InChI=1S/C23H24Cl2N6O3/c1-13(2)12-31-18-8-7-14(24)9-16(18)22(15-5-3-4-6-17(15)25)34-19(23(31)33)10-21(32)26-11-20-27-29-30-28-20/h3-9,13,19,22H,10-12H2,1-2H3,(H,26,32)(H,27,28,29,30)/t19-,22-/m1/s1. The van der Waals surface area contributed by atoms with E-state index in [9.17, 15) is 9.59 Å². The molecule has 2 atom stereocenters. The molecule has 0 saturated heterocycles. The number of carbonyl (C=O) groups is 2. The zero-order valence-electron chi connectivity index (χ0n) is 18.7. The second kappa shape index (κ2) is 10.5. The molecule has 178 valence electrons. The van der Waals surface area contributed by atoms with Crippen molar-refractivity contribution in [1.82, 2.24) is 25.9 Å². The van der Waals surface area contributed by atoms with Crippen molar-refractivity contribution in [2.24, 2.45) is 5.92 Å². The molecule has 0 spiro atoms. The fourth-order valence-electron chi connectivity index (χ4n) is 3.86. The van der Waals surface area contributed by atoms with Crippen LogP contribution in [0.25, 0.3) is 0 Å². The third-order valence-electron chi connectivity index (χ3n) is 5.34. The van der Waals surface area contributed by atoms with Crippen molar-refractivity contribution in [3.63, 3.8) is 0 Å². The van der Waals surface area contributed by atoms with Crippen LogP contribution in [0.15, 0.2) is 42.5 Å². The van der Waals surface area contributed by atoms with Gasteiger partial charge >= 0.3 is 0 Å². The molecule has 2 amide bonds. The van der Waals surface area contributed by atoms with E-state index in [1.165, 1.54) is 0 Å². The number of nitrogens with one attached hydrogen (secondary N) is 2. The van der Waals surface area contributed by atoms with Gasteiger partial charge in [-0.2, -0.15) is 5.21 Å². The highest BCUT2D eigenvalue weighted by Gasteiger charge is 2.38. The zero-order valence-corrected chi connectivity index (χ0v) is 20.2. The van der Waals surface area contributed by atoms with Gasteiger partial charge in [-0.3, -0.25) is 9.59 Å². The number of nitrogens with zero attached hydrogens (tertiary/aromatic N) is 4. The summed E-state index contributed by atoms with van der Waals surface area (Å²) in [4.78, 5) is 28.1. The number of benzene rings is 2. The first kappa shape index (κ1) is 24.1. The molecule has 0 bridgehead atoms. The molecule has 3 aromatic rings. The van der Waals surface area contributed by atoms with Crippen LogP contribution in [0.1, 0.15) is 43.3 Å². The number of hydrogen-bond acceptors (Lipinski definition) is 6. The van der Waals surface area contributed by atoms with Crippen LogP contribution in [0.2, 0.25) is 10.0 Å². The number of anilines is 1. The van der Waals surface area contributed by atoms with Crippen molar-refractivity contribution in [2.45, 2.75) is 39.0 Å². The van der Waals surface area contributed by atoms with Crippen LogP contribution in [0.5, 0.6) is 0 Å². The highest BCUT2D eigenvalue weighted by Crippen LogP contribution is 2.42. The number of tetrazole rings is 1. The van der Waals surface area contributed by atoms with Crippen LogP contribution in [-0.2, 0) is 20.9 Å². The predicted molar refractivity (Wildman–Crippen MR) is 127 cm³/mol. The number of H-pyrrole nitrogens is 1. The van der Waals surface area contributed by atoms with E-state index in [0.29, 0.717) is 39.2 Å². The van der Waals surface area contributed by atoms with E-state index in [-0.39, 0.29) is 30.7 Å². The highest BCUT2D eigenvalue weighted by molar-refractivity contribution is 6.31. The SMILES string of the molecule is CC(C)CN1C(=O)[C@@H](CC(=O)NCc2nn[nH]n2)O[C@H](c2ccccc2Cl)c2cc(Cl)ccc21. The van der Waals surface area contributed by atoms with Gasteiger partial charge < -0.3 is 15.0 Å². The lowest BCUT2D eigenvalue weighted by Gasteiger charge is -2.26.